The summed E-state index contributed by atoms with van der Waals surface area (Å²) >= 11 is 6.85. The molecule has 0 spiro atoms. The summed E-state index contributed by atoms with van der Waals surface area (Å²) in [5, 5.41) is 18.7. The van der Waals surface area contributed by atoms with Crippen molar-refractivity contribution >= 4 is 52.1 Å². The van der Waals surface area contributed by atoms with Gasteiger partial charge in [-0.1, -0.05) is 11.3 Å². The third kappa shape index (κ3) is 3.38. The van der Waals surface area contributed by atoms with Crippen LogP contribution in [0.2, 0.25) is 0 Å². The number of methoxy groups -OCH3 is 1. The zero-order chi connectivity index (χ0) is 18.4. The monoisotopic (exact) mass is 393 g/mol. The Kier molecular flexibility index (Phi) is 4.54. The number of aliphatic hydroxyl groups is 1. The molecular formula is C16H24BN5O2S2. The van der Waals surface area contributed by atoms with E-state index in [-0.39, 0.29) is 7.98 Å². The molecule has 3 fully saturated rings. The first kappa shape index (κ1) is 17.9. The zero-order valence-corrected chi connectivity index (χ0v) is 15.6. The van der Waals surface area contributed by atoms with Crippen LogP contribution in [0.5, 0.6) is 5.88 Å². The standard InChI is InChI=1S/C16H24BN5O2S2/c1-24-12-3-2-11-13(20-12)26-15(19-11)21-14(25)18-8-16(23)9-22(17)6-4-10(16)5-7-22/h2-3,10,23H,4-9H2,1,17H3,(H2,18,19,21,25). The number of aromatic nitrogens is 2. The van der Waals surface area contributed by atoms with Gasteiger partial charge in [-0.25, -0.2) is 9.97 Å². The van der Waals surface area contributed by atoms with E-state index in [0.29, 0.717) is 28.6 Å². The molecule has 5 rings (SSSR count). The molecule has 2 bridgehead atoms. The van der Waals surface area contributed by atoms with Crippen LogP contribution in [0.15, 0.2) is 12.1 Å². The second kappa shape index (κ2) is 6.59. The van der Waals surface area contributed by atoms with Crippen molar-refractivity contribution in [3.05, 3.63) is 12.1 Å². The first-order valence-corrected chi connectivity index (χ1v) is 9.59. The highest BCUT2D eigenvalue weighted by Crippen LogP contribution is 2.38. The third-order valence-corrected chi connectivity index (χ3v) is 6.19. The number of hydrogen-bond acceptors (Lipinski definition) is 6. The SMILES string of the molecule is [BH3-][N+]12CCC(CC1)C(O)(CNC(=S)Nc1nc3ccc(OC)nc3s1)C2. The Labute approximate surface area is 162 Å². The molecule has 3 aliphatic heterocycles. The molecule has 3 aliphatic rings. The molecule has 1 atom stereocenters. The number of hydrogen-bond donors (Lipinski definition) is 3. The molecule has 140 valence electrons. The minimum Gasteiger partial charge on any atom is -0.520 e. The number of anilines is 1. The maximum absolute atomic E-state index is 11.2. The molecule has 7 nitrogen and oxygen atoms in total. The quantitative estimate of drug-likeness (QED) is 0.507. The van der Waals surface area contributed by atoms with Crippen molar-refractivity contribution < 1.29 is 14.2 Å². The molecule has 5 heterocycles. The largest absolute Gasteiger partial charge is 0.520 e. The molecule has 0 aliphatic carbocycles. The second-order valence-corrected chi connectivity index (χ2v) is 8.04. The topological polar surface area (TPSA) is 79.3 Å². The summed E-state index contributed by atoms with van der Waals surface area (Å²) in [6, 6.07) is 3.67. The van der Waals surface area contributed by atoms with Crippen LogP contribution < -0.4 is 15.4 Å². The van der Waals surface area contributed by atoms with Gasteiger partial charge in [0.15, 0.2) is 18.2 Å². The molecule has 2 aromatic heterocycles. The number of pyridine rings is 1. The zero-order valence-electron chi connectivity index (χ0n) is 14.0. The Balaban J connectivity index is 1.38. The Morgan fingerprint density at radius 1 is 1.46 bits per heavy atom. The van der Waals surface area contributed by atoms with Gasteiger partial charge >= 0.3 is 0 Å². The van der Waals surface area contributed by atoms with Gasteiger partial charge in [0, 0.05) is 25.1 Å². The van der Waals surface area contributed by atoms with Crippen molar-refractivity contribution in [3.8, 4) is 5.88 Å². The number of ether oxygens (including phenoxy) is 1. The lowest BCUT2D eigenvalue weighted by Gasteiger charge is -2.60. The highest BCUT2D eigenvalue weighted by atomic mass is 32.1. The van der Waals surface area contributed by atoms with Gasteiger partial charge in [0.1, 0.15) is 15.9 Å². The Morgan fingerprint density at radius 2 is 2.23 bits per heavy atom. The van der Waals surface area contributed by atoms with E-state index in [4.69, 9.17) is 17.0 Å². The molecule has 3 saturated heterocycles. The van der Waals surface area contributed by atoms with E-state index in [2.05, 4.69) is 20.6 Å². The van der Waals surface area contributed by atoms with Crippen LogP contribution in [0.25, 0.3) is 10.3 Å². The predicted molar refractivity (Wildman–Crippen MR) is 111 cm³/mol. The first-order chi connectivity index (χ1) is 12.4. The smallest absolute Gasteiger partial charge is 0.214 e. The predicted octanol–water partition coefficient (Wildman–Crippen LogP) is 0.238. The summed E-state index contributed by atoms with van der Waals surface area (Å²) in [6.45, 7) is 3.96. The molecule has 1 unspecified atom stereocenters. The fourth-order valence-corrected chi connectivity index (χ4v) is 4.75. The van der Waals surface area contributed by atoms with Gasteiger partial charge in [-0.05, 0) is 31.1 Å². The van der Waals surface area contributed by atoms with Crippen molar-refractivity contribution in [3.63, 3.8) is 0 Å². The van der Waals surface area contributed by atoms with Crippen molar-refractivity contribution in [1.82, 2.24) is 15.3 Å². The van der Waals surface area contributed by atoms with Gasteiger partial charge in [0.25, 0.3) is 0 Å². The maximum Gasteiger partial charge on any atom is 0.214 e. The van der Waals surface area contributed by atoms with Crippen LogP contribution in [0.1, 0.15) is 12.8 Å². The fraction of sp³-hybridized carbons (Fsp3) is 0.562. The number of nitrogens with one attached hydrogen (secondary N) is 2. The van der Waals surface area contributed by atoms with Crippen LogP contribution in [-0.2, 0) is 0 Å². The van der Waals surface area contributed by atoms with Crippen molar-refractivity contribution in [2.45, 2.75) is 18.4 Å². The average molecular weight is 393 g/mol. The molecule has 2 aromatic rings. The number of nitrogens with zero attached hydrogens (tertiary/aromatic N) is 3. The number of thiocarbonyl (C=S) groups is 1. The van der Waals surface area contributed by atoms with Gasteiger partial charge in [0.2, 0.25) is 5.88 Å². The molecule has 26 heavy (non-hydrogen) atoms. The summed E-state index contributed by atoms with van der Waals surface area (Å²) in [4.78, 5) is 9.68. The summed E-state index contributed by atoms with van der Waals surface area (Å²) < 4.78 is 6.36. The van der Waals surface area contributed by atoms with Crippen LogP contribution in [0, 0.1) is 5.92 Å². The minimum atomic E-state index is -0.632. The van der Waals surface area contributed by atoms with E-state index in [0.717, 1.165) is 29.7 Å². The van der Waals surface area contributed by atoms with Crippen LogP contribution in [0.3, 0.4) is 0 Å². The summed E-state index contributed by atoms with van der Waals surface area (Å²) in [5.41, 5.74) is 0.176. The van der Waals surface area contributed by atoms with Gasteiger partial charge in [0.05, 0.1) is 20.2 Å². The van der Waals surface area contributed by atoms with Crippen LogP contribution >= 0.6 is 23.6 Å². The van der Waals surface area contributed by atoms with E-state index >= 15 is 0 Å². The number of fused-ring (bicyclic) bond motifs is 4. The van der Waals surface area contributed by atoms with Gasteiger partial charge in [-0.15, -0.1) is 0 Å². The van der Waals surface area contributed by atoms with Gasteiger partial charge in [-0.3, -0.25) is 0 Å². The highest BCUT2D eigenvalue weighted by molar-refractivity contribution is 7.80. The molecule has 0 saturated carbocycles. The van der Waals surface area contributed by atoms with Crippen molar-refractivity contribution in [2.24, 2.45) is 5.92 Å². The molecule has 0 aromatic carbocycles. The number of thiazole rings is 1. The number of rotatable bonds is 4. The van der Waals surface area contributed by atoms with Gasteiger partial charge < -0.3 is 24.9 Å². The van der Waals surface area contributed by atoms with E-state index in [1.54, 1.807) is 13.2 Å². The van der Waals surface area contributed by atoms with E-state index in [9.17, 15) is 5.11 Å². The lowest BCUT2D eigenvalue weighted by Crippen LogP contribution is -2.70. The van der Waals surface area contributed by atoms with Crippen LogP contribution in [-0.4, -0.2) is 71.5 Å². The lowest BCUT2D eigenvalue weighted by atomic mass is 9.72. The van der Waals surface area contributed by atoms with E-state index in [1.807, 2.05) is 6.07 Å². The van der Waals surface area contributed by atoms with Crippen molar-refractivity contribution in [2.75, 3.05) is 38.6 Å². The number of quaternary nitrogens is 1. The van der Waals surface area contributed by atoms with Gasteiger partial charge in [-0.2, -0.15) is 0 Å². The van der Waals surface area contributed by atoms with E-state index in [1.165, 1.54) is 28.8 Å². The maximum atomic E-state index is 11.2. The Bertz CT molecular complexity index is 839. The molecule has 0 amide bonds. The molecule has 0 radical (unpaired) electrons. The summed E-state index contributed by atoms with van der Waals surface area (Å²) in [5.74, 6) is 0.969. The Morgan fingerprint density at radius 3 is 2.92 bits per heavy atom. The second-order valence-electron chi connectivity index (χ2n) is 6.66. The van der Waals surface area contributed by atoms with Crippen LogP contribution in [0.4, 0.5) is 5.13 Å². The normalized spacial score (nSPS) is 30.3. The summed E-state index contributed by atoms with van der Waals surface area (Å²) in [7, 11) is 1.78. The minimum absolute atomic E-state index is 0.181. The Hall–Kier alpha value is -1.49. The first-order valence-electron chi connectivity index (χ1n) is 8.37. The highest BCUT2D eigenvalue weighted by Gasteiger charge is 2.49. The average Bonchev–Trinajstić information content (AvgIpc) is 3.01. The fourth-order valence-electron chi connectivity index (χ4n) is 3.69. The molecular weight excluding hydrogens is 369 g/mol. The molecule has 10 heteroatoms. The number of piperidine rings is 3. The lowest BCUT2D eigenvalue weighted by molar-refractivity contribution is -0.846. The van der Waals surface area contributed by atoms with Crippen molar-refractivity contribution in [1.29, 1.82) is 0 Å². The summed E-state index contributed by atoms with van der Waals surface area (Å²) in [6.07, 6.45) is 2.29. The molecule has 3 N–H and O–H groups in total. The third-order valence-electron chi connectivity index (χ3n) is 5.06. The van der Waals surface area contributed by atoms with E-state index < -0.39 is 5.60 Å².